The molecule has 1 aromatic carbocycles. The number of aliphatic hydroxyl groups excluding tert-OH is 1. The lowest BCUT2D eigenvalue weighted by molar-refractivity contribution is 0.209. The summed E-state index contributed by atoms with van der Waals surface area (Å²) < 4.78 is 1.61. The van der Waals surface area contributed by atoms with E-state index >= 15 is 0 Å². The Labute approximate surface area is 112 Å². The summed E-state index contributed by atoms with van der Waals surface area (Å²) >= 11 is 6.07. The van der Waals surface area contributed by atoms with Gasteiger partial charge >= 0.3 is 0 Å². The average molecular weight is 265 g/mol. The van der Waals surface area contributed by atoms with Gasteiger partial charge in [-0.05, 0) is 43.0 Å². The van der Waals surface area contributed by atoms with Gasteiger partial charge in [-0.25, -0.2) is 0 Å². The van der Waals surface area contributed by atoms with E-state index in [9.17, 15) is 5.11 Å². The molecule has 1 unspecified atom stereocenters. The normalized spacial score (nSPS) is 12.8. The first-order chi connectivity index (χ1) is 8.41. The van der Waals surface area contributed by atoms with Gasteiger partial charge < -0.3 is 5.11 Å². The van der Waals surface area contributed by atoms with Crippen LogP contribution in [0.25, 0.3) is 0 Å². The minimum absolute atomic E-state index is 0.489. The first-order valence-electron chi connectivity index (χ1n) is 5.85. The van der Waals surface area contributed by atoms with Gasteiger partial charge in [-0.1, -0.05) is 23.7 Å². The van der Waals surface area contributed by atoms with Gasteiger partial charge in [-0.3, -0.25) is 4.68 Å². The molecule has 0 aliphatic carbocycles. The number of hydrogen-bond donors (Lipinski definition) is 1. The maximum atomic E-state index is 10.5. The molecular weight excluding hydrogens is 248 g/mol. The van der Waals surface area contributed by atoms with Crippen molar-refractivity contribution in [2.24, 2.45) is 7.05 Å². The van der Waals surface area contributed by atoms with Crippen molar-refractivity contribution in [2.45, 2.75) is 26.9 Å². The third kappa shape index (κ3) is 2.16. The lowest BCUT2D eigenvalue weighted by Gasteiger charge is -2.16. The van der Waals surface area contributed by atoms with E-state index in [1.165, 1.54) is 5.56 Å². The Morgan fingerprint density at radius 1 is 1.17 bits per heavy atom. The molecule has 96 valence electrons. The number of aromatic nitrogens is 2. The summed E-state index contributed by atoms with van der Waals surface area (Å²) in [5.74, 6) is 0. The van der Waals surface area contributed by atoms with Crippen LogP contribution in [-0.2, 0) is 7.05 Å². The number of nitrogens with zero attached hydrogens (tertiary/aromatic N) is 2. The Morgan fingerprint density at radius 3 is 2.33 bits per heavy atom. The van der Waals surface area contributed by atoms with Crippen molar-refractivity contribution in [1.82, 2.24) is 9.78 Å². The van der Waals surface area contributed by atoms with Crippen LogP contribution < -0.4 is 0 Å². The molecule has 0 fully saturated rings. The van der Waals surface area contributed by atoms with Crippen LogP contribution in [0.3, 0.4) is 0 Å². The van der Waals surface area contributed by atoms with Gasteiger partial charge in [0.15, 0.2) is 0 Å². The zero-order valence-corrected chi connectivity index (χ0v) is 11.8. The van der Waals surface area contributed by atoms with Crippen molar-refractivity contribution in [3.63, 3.8) is 0 Å². The molecule has 4 heteroatoms. The highest BCUT2D eigenvalue weighted by Crippen LogP contribution is 2.30. The Balaban J connectivity index is 2.53. The number of hydrogen-bond acceptors (Lipinski definition) is 2. The van der Waals surface area contributed by atoms with Crippen LogP contribution in [0.4, 0.5) is 0 Å². The van der Waals surface area contributed by atoms with E-state index in [1.807, 2.05) is 19.9 Å². The van der Waals surface area contributed by atoms with Crippen molar-refractivity contribution in [1.29, 1.82) is 0 Å². The lowest BCUT2D eigenvalue weighted by Crippen LogP contribution is -2.09. The van der Waals surface area contributed by atoms with Gasteiger partial charge in [0.25, 0.3) is 0 Å². The summed E-state index contributed by atoms with van der Waals surface area (Å²) in [5, 5.41) is 15.0. The summed E-state index contributed by atoms with van der Waals surface area (Å²) in [6, 6.07) is 4.09. The first kappa shape index (κ1) is 13.1. The Morgan fingerprint density at radius 2 is 1.78 bits per heavy atom. The average Bonchev–Trinajstić information content (AvgIpc) is 2.63. The second-order valence-electron chi connectivity index (χ2n) is 4.70. The molecule has 18 heavy (non-hydrogen) atoms. The van der Waals surface area contributed by atoms with Crippen LogP contribution in [0.1, 0.15) is 34.1 Å². The van der Waals surface area contributed by atoms with Gasteiger partial charge in [0.05, 0.1) is 16.9 Å². The predicted octanol–water partition coefficient (Wildman–Crippen LogP) is 3.08. The highest BCUT2D eigenvalue weighted by molar-refractivity contribution is 6.31. The SMILES string of the molecule is Cc1cc(C)c(C(O)c2c(Cl)cnn2C)cc1C. The Kier molecular flexibility index (Phi) is 3.46. The van der Waals surface area contributed by atoms with Crippen LogP contribution >= 0.6 is 11.6 Å². The molecule has 1 heterocycles. The molecule has 1 atom stereocenters. The van der Waals surface area contributed by atoms with E-state index in [1.54, 1.807) is 17.9 Å². The smallest absolute Gasteiger partial charge is 0.122 e. The highest BCUT2D eigenvalue weighted by Gasteiger charge is 2.20. The van der Waals surface area contributed by atoms with Crippen LogP contribution in [0, 0.1) is 20.8 Å². The highest BCUT2D eigenvalue weighted by atomic mass is 35.5. The molecule has 2 rings (SSSR count). The maximum absolute atomic E-state index is 10.5. The third-order valence-electron chi connectivity index (χ3n) is 3.37. The topological polar surface area (TPSA) is 38.1 Å². The minimum Gasteiger partial charge on any atom is -0.382 e. The van der Waals surface area contributed by atoms with Crippen LogP contribution in [0.2, 0.25) is 5.02 Å². The Bertz CT molecular complexity index is 570. The van der Waals surface area contributed by atoms with Crippen molar-refractivity contribution in [2.75, 3.05) is 0 Å². The molecule has 2 aromatic rings. The number of benzene rings is 1. The van der Waals surface area contributed by atoms with E-state index in [4.69, 9.17) is 11.6 Å². The summed E-state index contributed by atoms with van der Waals surface area (Å²) in [6.07, 6.45) is 0.806. The molecule has 0 spiro atoms. The molecule has 0 radical (unpaired) electrons. The summed E-state index contributed by atoms with van der Waals surface area (Å²) in [4.78, 5) is 0. The Hall–Kier alpha value is -1.32. The summed E-state index contributed by atoms with van der Waals surface area (Å²) in [7, 11) is 1.78. The van der Waals surface area contributed by atoms with E-state index in [-0.39, 0.29) is 0 Å². The molecule has 0 aliphatic rings. The maximum Gasteiger partial charge on any atom is 0.122 e. The molecule has 0 saturated heterocycles. The summed E-state index contributed by atoms with van der Waals surface area (Å²) in [5.41, 5.74) is 4.95. The number of aryl methyl sites for hydroxylation is 4. The summed E-state index contributed by atoms with van der Waals surface area (Å²) in [6.45, 7) is 6.10. The predicted molar refractivity (Wildman–Crippen MR) is 72.9 cm³/mol. The van der Waals surface area contributed by atoms with Crippen molar-refractivity contribution in [3.8, 4) is 0 Å². The standard InChI is InChI=1S/C14H17ClN2O/c1-8-5-10(3)11(6-9(8)2)14(18)13-12(15)7-16-17(13)4/h5-7,14,18H,1-4H3. The van der Waals surface area contributed by atoms with Crippen molar-refractivity contribution < 1.29 is 5.11 Å². The number of rotatable bonds is 2. The van der Waals surface area contributed by atoms with Crippen molar-refractivity contribution in [3.05, 3.63) is 51.3 Å². The van der Waals surface area contributed by atoms with E-state index in [0.29, 0.717) is 10.7 Å². The van der Waals surface area contributed by atoms with Crippen LogP contribution in [-0.4, -0.2) is 14.9 Å². The zero-order chi connectivity index (χ0) is 13.4. The van der Waals surface area contributed by atoms with Crippen LogP contribution in [0.15, 0.2) is 18.3 Å². The molecule has 0 saturated carbocycles. The molecular formula is C14H17ClN2O. The molecule has 1 N–H and O–H groups in total. The lowest BCUT2D eigenvalue weighted by atomic mass is 9.96. The van der Waals surface area contributed by atoms with E-state index in [0.717, 1.165) is 16.7 Å². The van der Waals surface area contributed by atoms with Crippen LogP contribution in [0.5, 0.6) is 0 Å². The van der Waals surface area contributed by atoms with Crippen molar-refractivity contribution >= 4 is 11.6 Å². The van der Waals surface area contributed by atoms with Gasteiger partial charge in [0, 0.05) is 7.05 Å². The van der Waals surface area contributed by atoms with E-state index in [2.05, 4.69) is 18.1 Å². The quantitative estimate of drug-likeness (QED) is 0.905. The molecule has 1 aromatic heterocycles. The third-order valence-corrected chi connectivity index (χ3v) is 3.66. The van der Waals surface area contributed by atoms with Gasteiger partial charge in [-0.2, -0.15) is 5.10 Å². The minimum atomic E-state index is -0.746. The number of halogens is 1. The van der Waals surface area contributed by atoms with Gasteiger partial charge in [-0.15, -0.1) is 0 Å². The fourth-order valence-electron chi connectivity index (χ4n) is 2.15. The second-order valence-corrected chi connectivity index (χ2v) is 5.10. The molecule has 0 amide bonds. The van der Waals surface area contributed by atoms with Gasteiger partial charge in [0.1, 0.15) is 6.10 Å². The largest absolute Gasteiger partial charge is 0.382 e. The first-order valence-corrected chi connectivity index (χ1v) is 6.22. The van der Waals surface area contributed by atoms with Gasteiger partial charge in [0.2, 0.25) is 0 Å². The second kappa shape index (κ2) is 4.75. The fourth-order valence-corrected chi connectivity index (χ4v) is 2.42. The van der Waals surface area contributed by atoms with E-state index < -0.39 is 6.10 Å². The monoisotopic (exact) mass is 264 g/mol. The molecule has 0 aliphatic heterocycles. The fraction of sp³-hybridized carbons (Fsp3) is 0.357. The zero-order valence-electron chi connectivity index (χ0n) is 11.0. The number of aliphatic hydroxyl groups is 1. The molecule has 3 nitrogen and oxygen atoms in total. The molecule has 0 bridgehead atoms.